The van der Waals surface area contributed by atoms with E-state index < -0.39 is 5.97 Å². The third kappa shape index (κ3) is 6.25. The van der Waals surface area contributed by atoms with E-state index in [1.54, 1.807) is 61.0 Å². The van der Waals surface area contributed by atoms with Gasteiger partial charge in [0.05, 0.1) is 30.5 Å². The highest BCUT2D eigenvalue weighted by molar-refractivity contribution is 7.13. The van der Waals surface area contributed by atoms with Crippen LogP contribution in [0.2, 0.25) is 0 Å². The zero-order chi connectivity index (χ0) is 20.5. The van der Waals surface area contributed by atoms with Gasteiger partial charge in [0.1, 0.15) is 5.75 Å². The second-order valence-electron chi connectivity index (χ2n) is 5.82. The van der Waals surface area contributed by atoms with Crippen LogP contribution in [0, 0.1) is 0 Å². The molecule has 0 amide bonds. The monoisotopic (exact) mass is 409 g/mol. The van der Waals surface area contributed by atoms with Crippen LogP contribution in [-0.4, -0.2) is 29.7 Å². The topological polar surface area (TPSA) is 89.9 Å². The lowest BCUT2D eigenvalue weighted by Gasteiger charge is -2.04. The van der Waals surface area contributed by atoms with Crippen LogP contribution in [-0.2, 0) is 16.0 Å². The molecule has 0 bridgehead atoms. The van der Waals surface area contributed by atoms with Crippen molar-refractivity contribution in [2.24, 2.45) is 5.10 Å². The van der Waals surface area contributed by atoms with Crippen molar-refractivity contribution < 1.29 is 19.1 Å². The molecule has 3 aromatic rings. The minimum absolute atomic E-state index is 0.130. The van der Waals surface area contributed by atoms with E-state index in [0.717, 1.165) is 5.56 Å². The molecular weight excluding hydrogens is 390 g/mol. The number of anilines is 1. The molecule has 0 aliphatic heterocycles. The number of aromatic nitrogens is 1. The van der Waals surface area contributed by atoms with Gasteiger partial charge in [-0.2, -0.15) is 5.10 Å². The molecule has 1 N–H and O–H groups in total. The van der Waals surface area contributed by atoms with Crippen molar-refractivity contribution in [3.8, 4) is 5.75 Å². The molecule has 29 heavy (non-hydrogen) atoms. The smallest absolute Gasteiger partial charge is 0.343 e. The number of nitrogens with zero attached hydrogens (tertiary/aromatic N) is 2. The van der Waals surface area contributed by atoms with Crippen LogP contribution in [0.15, 0.2) is 65.1 Å². The van der Waals surface area contributed by atoms with Crippen molar-refractivity contribution in [1.29, 1.82) is 0 Å². The molecule has 2 aromatic carbocycles. The molecular formula is C21H19N3O4S. The molecule has 7 nitrogen and oxygen atoms in total. The number of ether oxygens (including phenoxy) is 2. The first-order valence-electron chi connectivity index (χ1n) is 8.90. The zero-order valence-electron chi connectivity index (χ0n) is 15.7. The van der Waals surface area contributed by atoms with Crippen molar-refractivity contribution in [3.05, 3.63) is 76.8 Å². The Morgan fingerprint density at radius 1 is 1.17 bits per heavy atom. The fourth-order valence-corrected chi connectivity index (χ4v) is 3.02. The van der Waals surface area contributed by atoms with Crippen LogP contribution >= 0.6 is 11.3 Å². The maximum Gasteiger partial charge on any atom is 0.343 e. The first-order chi connectivity index (χ1) is 14.1. The minimum Gasteiger partial charge on any atom is -0.466 e. The Bertz CT molecular complexity index is 1000. The quantitative estimate of drug-likeness (QED) is 0.263. The summed E-state index contributed by atoms with van der Waals surface area (Å²) in [5.74, 6) is -0.307. The summed E-state index contributed by atoms with van der Waals surface area (Å²) >= 11 is 1.34. The maximum atomic E-state index is 12.1. The zero-order valence-corrected chi connectivity index (χ0v) is 16.5. The molecule has 0 radical (unpaired) electrons. The van der Waals surface area contributed by atoms with Crippen LogP contribution in [0.4, 0.5) is 5.13 Å². The Labute approximate surface area is 172 Å². The molecule has 0 saturated carbocycles. The molecule has 3 rings (SSSR count). The van der Waals surface area contributed by atoms with Crippen molar-refractivity contribution in [3.63, 3.8) is 0 Å². The summed E-state index contributed by atoms with van der Waals surface area (Å²) in [5.41, 5.74) is 4.68. The summed E-state index contributed by atoms with van der Waals surface area (Å²) in [6.07, 6.45) is 1.72. The van der Waals surface area contributed by atoms with E-state index in [-0.39, 0.29) is 12.4 Å². The van der Waals surface area contributed by atoms with Crippen molar-refractivity contribution in [2.75, 3.05) is 12.0 Å². The van der Waals surface area contributed by atoms with Crippen molar-refractivity contribution >= 4 is 34.6 Å². The van der Waals surface area contributed by atoms with Gasteiger partial charge in [0, 0.05) is 5.38 Å². The number of rotatable bonds is 8. The van der Waals surface area contributed by atoms with Gasteiger partial charge in [-0.15, -0.1) is 11.3 Å². The van der Waals surface area contributed by atoms with Gasteiger partial charge in [-0.1, -0.05) is 30.3 Å². The highest BCUT2D eigenvalue weighted by atomic mass is 32.1. The molecule has 0 unspecified atom stereocenters. The fraction of sp³-hybridized carbons (Fsp3) is 0.143. The lowest BCUT2D eigenvalue weighted by Crippen LogP contribution is -2.08. The Morgan fingerprint density at radius 3 is 2.79 bits per heavy atom. The van der Waals surface area contributed by atoms with E-state index in [1.165, 1.54) is 11.3 Å². The average Bonchev–Trinajstić information content (AvgIpc) is 3.16. The largest absolute Gasteiger partial charge is 0.466 e. The van der Waals surface area contributed by atoms with Gasteiger partial charge in [-0.25, -0.2) is 9.78 Å². The van der Waals surface area contributed by atoms with E-state index in [2.05, 4.69) is 15.5 Å². The molecule has 1 aromatic heterocycles. The van der Waals surface area contributed by atoms with Gasteiger partial charge in [0.25, 0.3) is 0 Å². The first-order valence-corrected chi connectivity index (χ1v) is 9.78. The molecule has 0 fully saturated rings. The Morgan fingerprint density at radius 2 is 2.00 bits per heavy atom. The van der Waals surface area contributed by atoms with Gasteiger partial charge >= 0.3 is 11.9 Å². The summed E-state index contributed by atoms with van der Waals surface area (Å²) in [6, 6.07) is 15.8. The number of thiazole rings is 1. The molecule has 148 valence electrons. The summed E-state index contributed by atoms with van der Waals surface area (Å²) in [4.78, 5) is 27.9. The van der Waals surface area contributed by atoms with E-state index >= 15 is 0 Å². The number of hydrogen-bond donors (Lipinski definition) is 1. The number of esters is 2. The SMILES string of the molecule is CCOC(=O)Cc1csc(NN=Cc2cccc(OC(=O)c3ccccc3)c2)n1. The number of carbonyl (C=O) groups is 2. The molecule has 0 spiro atoms. The normalized spacial score (nSPS) is 10.7. The standard InChI is InChI=1S/C21H19N3O4S/c1-2-27-19(25)12-17-14-29-21(23-17)24-22-13-15-7-6-10-18(11-15)28-20(26)16-8-4-3-5-9-16/h3-11,13-14H,2,12H2,1H3,(H,23,24). The second kappa shape index (κ2) is 10.1. The van der Waals surface area contributed by atoms with Crippen molar-refractivity contribution in [2.45, 2.75) is 13.3 Å². The summed E-state index contributed by atoms with van der Waals surface area (Å²) < 4.78 is 10.3. The molecule has 0 aliphatic carbocycles. The van der Waals surface area contributed by atoms with Crippen LogP contribution < -0.4 is 10.2 Å². The Kier molecular flexibility index (Phi) is 7.07. The van der Waals surface area contributed by atoms with E-state index in [9.17, 15) is 9.59 Å². The summed E-state index contributed by atoms with van der Waals surface area (Å²) in [7, 11) is 0. The number of nitrogens with one attached hydrogen (secondary N) is 1. The van der Waals surface area contributed by atoms with Gasteiger partial charge < -0.3 is 9.47 Å². The first kappa shape index (κ1) is 20.2. The summed E-state index contributed by atoms with van der Waals surface area (Å²) in [5, 5.41) is 6.47. The Hall–Kier alpha value is -3.52. The molecule has 0 atom stereocenters. The molecule has 1 heterocycles. The number of hydrogen-bond acceptors (Lipinski definition) is 8. The van der Waals surface area contributed by atoms with Crippen LogP contribution in [0.25, 0.3) is 0 Å². The predicted octanol–water partition coefficient (Wildman–Crippen LogP) is 3.91. The van der Waals surface area contributed by atoms with E-state index in [4.69, 9.17) is 9.47 Å². The Balaban J connectivity index is 1.56. The summed E-state index contributed by atoms with van der Waals surface area (Å²) in [6.45, 7) is 2.11. The van der Waals surface area contributed by atoms with Crippen LogP contribution in [0.5, 0.6) is 5.75 Å². The number of carbonyl (C=O) groups excluding carboxylic acids is 2. The highest BCUT2D eigenvalue weighted by Gasteiger charge is 2.09. The van der Waals surface area contributed by atoms with Gasteiger partial charge in [-0.3, -0.25) is 10.2 Å². The third-order valence-corrected chi connectivity index (χ3v) is 4.43. The van der Waals surface area contributed by atoms with Gasteiger partial charge in [-0.05, 0) is 36.8 Å². The molecule has 0 saturated heterocycles. The minimum atomic E-state index is -0.422. The fourth-order valence-electron chi connectivity index (χ4n) is 2.36. The number of benzene rings is 2. The van der Waals surface area contributed by atoms with E-state index in [0.29, 0.717) is 28.7 Å². The van der Waals surface area contributed by atoms with Crippen molar-refractivity contribution in [1.82, 2.24) is 4.98 Å². The van der Waals surface area contributed by atoms with Gasteiger partial charge in [0.2, 0.25) is 5.13 Å². The lowest BCUT2D eigenvalue weighted by molar-refractivity contribution is -0.142. The maximum absolute atomic E-state index is 12.1. The highest BCUT2D eigenvalue weighted by Crippen LogP contribution is 2.17. The number of hydrazone groups is 1. The molecule has 8 heteroatoms. The predicted molar refractivity (Wildman–Crippen MR) is 112 cm³/mol. The molecule has 0 aliphatic rings. The lowest BCUT2D eigenvalue weighted by atomic mass is 10.2. The van der Waals surface area contributed by atoms with Gasteiger partial charge in [0.15, 0.2) is 0 Å². The second-order valence-corrected chi connectivity index (χ2v) is 6.68. The average molecular weight is 409 g/mol. The van der Waals surface area contributed by atoms with Crippen LogP contribution in [0.1, 0.15) is 28.5 Å². The van der Waals surface area contributed by atoms with Crippen LogP contribution in [0.3, 0.4) is 0 Å². The third-order valence-electron chi connectivity index (χ3n) is 3.63. The van der Waals surface area contributed by atoms with E-state index in [1.807, 2.05) is 12.1 Å².